The Bertz CT molecular complexity index is 399. The topological polar surface area (TPSA) is 55.8 Å². The van der Waals surface area contributed by atoms with Crippen molar-refractivity contribution >= 4 is 5.97 Å². The van der Waals surface area contributed by atoms with Gasteiger partial charge in [-0.25, -0.2) is 0 Å². The fraction of sp³-hybridized carbons (Fsp3) is 0.500. The summed E-state index contributed by atoms with van der Waals surface area (Å²) in [6.07, 6.45) is 0.871. The van der Waals surface area contributed by atoms with E-state index in [-0.39, 0.29) is 24.4 Å². The van der Waals surface area contributed by atoms with Crippen LogP contribution in [0.1, 0.15) is 24.8 Å². The van der Waals surface area contributed by atoms with Crippen molar-refractivity contribution < 1.29 is 19.4 Å². The molecule has 4 nitrogen and oxygen atoms in total. The summed E-state index contributed by atoms with van der Waals surface area (Å²) in [6.45, 7) is 2.57. The van der Waals surface area contributed by atoms with E-state index in [0.717, 1.165) is 17.7 Å². The minimum atomic E-state index is -0.0943. The highest BCUT2D eigenvalue weighted by Crippen LogP contribution is 2.48. The maximum Gasteiger partial charge on any atom is 0.309 e. The average molecular weight is 250 g/mol. The molecule has 1 saturated carbocycles. The molecule has 2 rings (SSSR count). The largest absolute Gasteiger partial charge is 0.491 e. The lowest BCUT2D eigenvalue weighted by Crippen LogP contribution is -2.07. The van der Waals surface area contributed by atoms with Crippen LogP contribution in [0.2, 0.25) is 0 Å². The lowest BCUT2D eigenvalue weighted by Gasteiger charge is -2.05. The van der Waals surface area contributed by atoms with Crippen molar-refractivity contribution in [1.82, 2.24) is 0 Å². The van der Waals surface area contributed by atoms with Crippen molar-refractivity contribution in [3.63, 3.8) is 0 Å². The number of esters is 1. The zero-order valence-electron chi connectivity index (χ0n) is 10.5. The summed E-state index contributed by atoms with van der Waals surface area (Å²) in [5.74, 6) is 0.953. The van der Waals surface area contributed by atoms with Gasteiger partial charge >= 0.3 is 5.97 Å². The van der Waals surface area contributed by atoms with E-state index in [1.54, 1.807) is 0 Å². The van der Waals surface area contributed by atoms with Crippen molar-refractivity contribution in [1.29, 1.82) is 0 Å². The Kier molecular flexibility index (Phi) is 4.20. The van der Waals surface area contributed by atoms with Crippen LogP contribution in [-0.2, 0) is 9.53 Å². The van der Waals surface area contributed by atoms with E-state index < -0.39 is 0 Å². The molecular weight excluding hydrogens is 232 g/mol. The molecule has 0 amide bonds. The minimum absolute atomic E-state index is 0.00924. The number of ether oxygens (including phenoxy) is 2. The van der Waals surface area contributed by atoms with Crippen molar-refractivity contribution in [2.24, 2.45) is 5.92 Å². The van der Waals surface area contributed by atoms with Crippen LogP contribution in [0.25, 0.3) is 0 Å². The van der Waals surface area contributed by atoms with Gasteiger partial charge in [0.05, 0.1) is 19.1 Å². The molecule has 0 bridgehead atoms. The van der Waals surface area contributed by atoms with Gasteiger partial charge < -0.3 is 14.6 Å². The molecular formula is C14H18O4. The second-order valence-electron chi connectivity index (χ2n) is 4.34. The number of aliphatic hydroxyl groups excluding tert-OH is 1. The zero-order valence-corrected chi connectivity index (χ0v) is 10.5. The standard InChI is InChI=1S/C14H18O4/c1-2-17-14(16)13-9-12(13)10-3-5-11(6-4-10)18-8-7-15/h3-6,12-13,15H,2,7-9H2,1H3. The summed E-state index contributed by atoms with van der Waals surface area (Å²) >= 11 is 0. The Morgan fingerprint density at radius 3 is 2.72 bits per heavy atom. The predicted molar refractivity (Wildman–Crippen MR) is 66.5 cm³/mol. The van der Waals surface area contributed by atoms with Crippen LogP contribution in [0.15, 0.2) is 24.3 Å². The lowest BCUT2D eigenvalue weighted by atomic mass is 10.1. The average Bonchev–Trinajstić information content (AvgIpc) is 3.17. The summed E-state index contributed by atoms with van der Waals surface area (Å²) in [5, 5.41) is 8.65. The SMILES string of the molecule is CCOC(=O)C1CC1c1ccc(OCCO)cc1. The van der Waals surface area contributed by atoms with Gasteiger partial charge in [-0.05, 0) is 37.0 Å². The van der Waals surface area contributed by atoms with Gasteiger partial charge in [0.2, 0.25) is 0 Å². The van der Waals surface area contributed by atoms with Crippen LogP contribution in [-0.4, -0.2) is 30.9 Å². The number of aliphatic hydroxyl groups is 1. The molecule has 0 aromatic heterocycles. The molecule has 2 atom stereocenters. The molecule has 18 heavy (non-hydrogen) atoms. The van der Waals surface area contributed by atoms with Crippen molar-refractivity contribution in [3.8, 4) is 5.75 Å². The molecule has 1 fully saturated rings. The Morgan fingerprint density at radius 2 is 2.11 bits per heavy atom. The lowest BCUT2D eigenvalue weighted by molar-refractivity contribution is -0.144. The molecule has 2 unspecified atom stereocenters. The fourth-order valence-corrected chi connectivity index (χ4v) is 2.05. The summed E-state index contributed by atoms with van der Waals surface area (Å²) in [5.41, 5.74) is 1.14. The first kappa shape index (κ1) is 12.9. The highest BCUT2D eigenvalue weighted by molar-refractivity contribution is 5.77. The summed E-state index contributed by atoms with van der Waals surface area (Å²) < 4.78 is 10.3. The Labute approximate surface area is 107 Å². The van der Waals surface area contributed by atoms with Gasteiger partial charge in [0.25, 0.3) is 0 Å². The van der Waals surface area contributed by atoms with Crippen LogP contribution in [0.5, 0.6) is 5.75 Å². The highest BCUT2D eigenvalue weighted by atomic mass is 16.5. The van der Waals surface area contributed by atoms with Crippen LogP contribution < -0.4 is 4.74 Å². The monoisotopic (exact) mass is 250 g/mol. The van der Waals surface area contributed by atoms with Crippen LogP contribution in [0, 0.1) is 5.92 Å². The molecule has 0 aliphatic heterocycles. The number of carbonyl (C=O) groups is 1. The molecule has 1 aromatic rings. The molecule has 98 valence electrons. The Morgan fingerprint density at radius 1 is 1.39 bits per heavy atom. The fourth-order valence-electron chi connectivity index (χ4n) is 2.05. The number of hydrogen-bond acceptors (Lipinski definition) is 4. The van der Waals surface area contributed by atoms with Crippen LogP contribution >= 0.6 is 0 Å². The second-order valence-corrected chi connectivity index (χ2v) is 4.34. The van der Waals surface area contributed by atoms with Crippen molar-refractivity contribution in [2.45, 2.75) is 19.3 Å². The Hall–Kier alpha value is -1.55. The third kappa shape index (κ3) is 3.01. The summed E-state index contributed by atoms with van der Waals surface area (Å²) in [4.78, 5) is 11.5. The van der Waals surface area contributed by atoms with Gasteiger partial charge in [0.15, 0.2) is 0 Å². The summed E-state index contributed by atoms with van der Waals surface area (Å²) in [7, 11) is 0. The number of carbonyl (C=O) groups excluding carboxylic acids is 1. The van der Waals surface area contributed by atoms with Gasteiger partial charge in [-0.2, -0.15) is 0 Å². The van der Waals surface area contributed by atoms with Gasteiger partial charge in [0, 0.05) is 0 Å². The van der Waals surface area contributed by atoms with E-state index in [1.807, 2.05) is 31.2 Å². The first-order chi connectivity index (χ1) is 8.76. The van der Waals surface area contributed by atoms with Gasteiger partial charge in [-0.1, -0.05) is 12.1 Å². The van der Waals surface area contributed by atoms with E-state index in [4.69, 9.17) is 14.6 Å². The highest BCUT2D eigenvalue weighted by Gasteiger charge is 2.44. The number of benzene rings is 1. The van der Waals surface area contributed by atoms with E-state index >= 15 is 0 Å². The smallest absolute Gasteiger partial charge is 0.309 e. The van der Waals surface area contributed by atoms with Crippen LogP contribution in [0.3, 0.4) is 0 Å². The van der Waals surface area contributed by atoms with Gasteiger partial charge in [0.1, 0.15) is 12.4 Å². The molecule has 0 heterocycles. The minimum Gasteiger partial charge on any atom is -0.491 e. The normalized spacial score (nSPS) is 21.4. The third-order valence-corrected chi connectivity index (χ3v) is 3.05. The molecule has 0 spiro atoms. The molecule has 4 heteroatoms. The number of rotatable bonds is 6. The molecule has 1 aliphatic rings. The maximum absolute atomic E-state index is 11.5. The number of hydrogen-bond donors (Lipinski definition) is 1. The molecule has 1 aromatic carbocycles. The zero-order chi connectivity index (χ0) is 13.0. The van der Waals surface area contributed by atoms with E-state index in [0.29, 0.717) is 13.2 Å². The summed E-state index contributed by atoms with van der Waals surface area (Å²) in [6, 6.07) is 7.67. The van der Waals surface area contributed by atoms with Crippen molar-refractivity contribution in [2.75, 3.05) is 19.8 Å². The molecule has 0 radical (unpaired) electrons. The van der Waals surface area contributed by atoms with Gasteiger partial charge in [-0.15, -0.1) is 0 Å². The molecule has 0 saturated heterocycles. The Balaban J connectivity index is 1.90. The maximum atomic E-state index is 11.5. The van der Waals surface area contributed by atoms with Crippen molar-refractivity contribution in [3.05, 3.63) is 29.8 Å². The first-order valence-electron chi connectivity index (χ1n) is 6.26. The van der Waals surface area contributed by atoms with E-state index in [9.17, 15) is 4.79 Å². The molecule has 1 N–H and O–H groups in total. The van der Waals surface area contributed by atoms with E-state index in [1.165, 1.54) is 0 Å². The third-order valence-electron chi connectivity index (χ3n) is 3.05. The van der Waals surface area contributed by atoms with E-state index in [2.05, 4.69) is 0 Å². The molecule has 1 aliphatic carbocycles. The second kappa shape index (κ2) is 5.87. The van der Waals surface area contributed by atoms with Gasteiger partial charge in [-0.3, -0.25) is 4.79 Å². The predicted octanol–water partition coefficient (Wildman–Crippen LogP) is 1.72. The first-order valence-corrected chi connectivity index (χ1v) is 6.26. The van der Waals surface area contributed by atoms with Crippen LogP contribution in [0.4, 0.5) is 0 Å². The quantitative estimate of drug-likeness (QED) is 0.781.